The third-order valence-corrected chi connectivity index (χ3v) is 3.62. The second-order valence-electron chi connectivity index (χ2n) is 4.37. The lowest BCUT2D eigenvalue weighted by Crippen LogP contribution is -2.08. The predicted molar refractivity (Wildman–Crippen MR) is 83.3 cm³/mol. The minimum Gasteiger partial charge on any atom is -0.492 e. The van der Waals surface area contributed by atoms with Crippen molar-refractivity contribution in [3.8, 4) is 5.75 Å². The maximum absolute atomic E-state index is 10.6. The van der Waals surface area contributed by atoms with Crippen molar-refractivity contribution >= 4 is 28.0 Å². The molecule has 2 rings (SSSR count). The Morgan fingerprint density at radius 2 is 2.33 bits per heavy atom. The highest BCUT2D eigenvalue weighted by atomic mass is 79.9. The number of carboxylic acids is 1. The van der Waals surface area contributed by atoms with E-state index in [2.05, 4.69) is 20.9 Å². The summed E-state index contributed by atoms with van der Waals surface area (Å²) in [5.74, 6) is 0.657. The van der Waals surface area contributed by atoms with Gasteiger partial charge >= 0.3 is 5.97 Å². The average Bonchev–Trinajstić information content (AvgIpc) is 2.84. The van der Waals surface area contributed by atoms with Crippen LogP contribution in [0.25, 0.3) is 6.08 Å². The third-order valence-electron chi connectivity index (χ3n) is 2.90. The van der Waals surface area contributed by atoms with E-state index < -0.39 is 5.97 Å². The van der Waals surface area contributed by atoms with Crippen LogP contribution in [0.15, 0.2) is 41.1 Å². The highest BCUT2D eigenvalue weighted by molar-refractivity contribution is 9.10. The van der Waals surface area contributed by atoms with Gasteiger partial charge in [-0.05, 0) is 36.8 Å². The summed E-state index contributed by atoms with van der Waals surface area (Å²) in [6, 6.07) is 5.46. The van der Waals surface area contributed by atoms with Gasteiger partial charge < -0.3 is 14.4 Å². The van der Waals surface area contributed by atoms with Crippen molar-refractivity contribution in [3.63, 3.8) is 0 Å². The first-order valence-electron chi connectivity index (χ1n) is 6.37. The fraction of sp³-hybridized carbons (Fsp3) is 0.200. The molecule has 0 saturated heterocycles. The predicted octanol–water partition coefficient (Wildman–Crippen LogP) is 3.13. The van der Waals surface area contributed by atoms with Crippen LogP contribution in [-0.2, 0) is 11.3 Å². The zero-order chi connectivity index (χ0) is 15.2. The number of aliphatic carboxylic acids is 1. The SMILES string of the molecule is Cc1nccn1CCOc1ccc(Br)c(/C=C/C(=O)O)c1. The highest BCUT2D eigenvalue weighted by Gasteiger charge is 2.02. The first-order chi connectivity index (χ1) is 10.1. The number of carbonyl (C=O) groups is 1. The standard InChI is InChI=1S/C15H15BrN2O3/c1-11-17-6-7-18(11)8-9-21-13-3-4-14(16)12(10-13)2-5-15(19)20/h2-7,10H,8-9H2,1H3,(H,19,20)/b5-2+. The molecule has 110 valence electrons. The molecule has 1 N–H and O–H groups in total. The van der Waals surface area contributed by atoms with E-state index in [9.17, 15) is 4.79 Å². The largest absolute Gasteiger partial charge is 0.492 e. The molecule has 1 aromatic heterocycles. The number of carboxylic acid groups (broad SMARTS) is 1. The van der Waals surface area contributed by atoms with Gasteiger partial charge in [0.2, 0.25) is 0 Å². The molecule has 0 aliphatic carbocycles. The lowest BCUT2D eigenvalue weighted by atomic mass is 10.2. The van der Waals surface area contributed by atoms with E-state index in [1.165, 1.54) is 6.08 Å². The minimum atomic E-state index is -0.983. The van der Waals surface area contributed by atoms with Crippen molar-refractivity contribution < 1.29 is 14.6 Å². The fourth-order valence-electron chi connectivity index (χ4n) is 1.80. The molecule has 2 aromatic rings. The Kier molecular flexibility index (Phi) is 5.16. The van der Waals surface area contributed by atoms with Gasteiger partial charge in [0, 0.05) is 22.9 Å². The van der Waals surface area contributed by atoms with Gasteiger partial charge in [-0.15, -0.1) is 0 Å². The van der Waals surface area contributed by atoms with Crippen molar-refractivity contribution in [2.75, 3.05) is 6.61 Å². The number of hydrogen-bond acceptors (Lipinski definition) is 3. The van der Waals surface area contributed by atoms with E-state index >= 15 is 0 Å². The highest BCUT2D eigenvalue weighted by Crippen LogP contribution is 2.23. The number of imidazole rings is 1. The maximum atomic E-state index is 10.6. The molecule has 1 aromatic carbocycles. The number of hydrogen-bond donors (Lipinski definition) is 1. The lowest BCUT2D eigenvalue weighted by Gasteiger charge is -2.09. The Morgan fingerprint density at radius 1 is 1.52 bits per heavy atom. The van der Waals surface area contributed by atoms with Crippen molar-refractivity contribution in [1.29, 1.82) is 0 Å². The summed E-state index contributed by atoms with van der Waals surface area (Å²) in [5.41, 5.74) is 0.758. The molecule has 0 radical (unpaired) electrons. The Labute approximate surface area is 131 Å². The van der Waals surface area contributed by atoms with E-state index in [-0.39, 0.29) is 0 Å². The summed E-state index contributed by atoms with van der Waals surface area (Å²) in [5, 5.41) is 8.67. The summed E-state index contributed by atoms with van der Waals surface area (Å²) in [6.07, 6.45) is 6.28. The van der Waals surface area contributed by atoms with Crippen molar-refractivity contribution in [3.05, 3.63) is 52.5 Å². The quantitative estimate of drug-likeness (QED) is 0.813. The normalized spacial score (nSPS) is 11.0. The van der Waals surface area contributed by atoms with E-state index in [1.54, 1.807) is 12.3 Å². The van der Waals surface area contributed by atoms with Gasteiger partial charge in [-0.25, -0.2) is 9.78 Å². The number of halogens is 1. The van der Waals surface area contributed by atoms with Gasteiger partial charge in [0.25, 0.3) is 0 Å². The zero-order valence-corrected chi connectivity index (χ0v) is 13.1. The summed E-state index contributed by atoms with van der Waals surface area (Å²) >= 11 is 3.38. The van der Waals surface area contributed by atoms with E-state index in [0.717, 1.165) is 21.9 Å². The van der Waals surface area contributed by atoms with Crippen LogP contribution >= 0.6 is 15.9 Å². The summed E-state index contributed by atoms with van der Waals surface area (Å²) in [7, 11) is 0. The van der Waals surface area contributed by atoms with Crippen LogP contribution in [-0.4, -0.2) is 27.2 Å². The van der Waals surface area contributed by atoms with Gasteiger partial charge in [-0.2, -0.15) is 0 Å². The smallest absolute Gasteiger partial charge is 0.328 e. The first-order valence-corrected chi connectivity index (χ1v) is 7.16. The molecule has 0 aliphatic heterocycles. The first kappa shape index (κ1) is 15.3. The molecular weight excluding hydrogens is 336 g/mol. The van der Waals surface area contributed by atoms with Crippen molar-refractivity contribution in [2.45, 2.75) is 13.5 Å². The molecule has 6 heteroatoms. The minimum absolute atomic E-state index is 0.515. The van der Waals surface area contributed by atoms with Gasteiger partial charge in [0.05, 0.1) is 6.54 Å². The third kappa shape index (κ3) is 4.46. The van der Waals surface area contributed by atoms with Gasteiger partial charge in [0.1, 0.15) is 18.2 Å². The zero-order valence-electron chi connectivity index (χ0n) is 11.5. The topological polar surface area (TPSA) is 64.4 Å². The molecule has 21 heavy (non-hydrogen) atoms. The number of benzene rings is 1. The molecule has 0 unspecified atom stereocenters. The summed E-state index contributed by atoms with van der Waals surface area (Å²) < 4.78 is 8.51. The van der Waals surface area contributed by atoms with Crippen LogP contribution in [0.1, 0.15) is 11.4 Å². The van der Waals surface area contributed by atoms with Gasteiger partial charge in [0.15, 0.2) is 0 Å². The number of rotatable bonds is 6. The lowest BCUT2D eigenvalue weighted by molar-refractivity contribution is -0.131. The number of nitrogens with zero attached hydrogens (tertiary/aromatic N) is 2. The molecule has 1 heterocycles. The van der Waals surface area contributed by atoms with Crippen molar-refractivity contribution in [2.24, 2.45) is 0 Å². The Morgan fingerprint density at radius 3 is 3.00 bits per heavy atom. The van der Waals surface area contributed by atoms with Crippen LogP contribution in [0.4, 0.5) is 0 Å². The Hall–Kier alpha value is -2.08. The Bertz CT molecular complexity index is 665. The molecule has 0 spiro atoms. The molecule has 0 amide bonds. The summed E-state index contributed by atoms with van der Waals surface area (Å²) in [4.78, 5) is 14.7. The molecule has 0 atom stereocenters. The number of aryl methyl sites for hydroxylation is 1. The summed E-state index contributed by atoms with van der Waals surface area (Å²) in [6.45, 7) is 3.16. The van der Waals surface area contributed by atoms with Crippen LogP contribution in [0.5, 0.6) is 5.75 Å². The fourth-order valence-corrected chi connectivity index (χ4v) is 2.18. The van der Waals surface area contributed by atoms with Crippen molar-refractivity contribution in [1.82, 2.24) is 9.55 Å². The van der Waals surface area contributed by atoms with E-state index in [1.807, 2.05) is 29.8 Å². The number of aromatic nitrogens is 2. The Balaban J connectivity index is 1.99. The maximum Gasteiger partial charge on any atom is 0.328 e. The molecule has 5 nitrogen and oxygen atoms in total. The van der Waals surface area contributed by atoms with Crippen LogP contribution in [0.2, 0.25) is 0 Å². The molecule has 0 aliphatic rings. The van der Waals surface area contributed by atoms with Gasteiger partial charge in [-0.1, -0.05) is 15.9 Å². The van der Waals surface area contributed by atoms with Gasteiger partial charge in [-0.3, -0.25) is 0 Å². The molecule has 0 fully saturated rings. The van der Waals surface area contributed by atoms with Crippen LogP contribution in [0.3, 0.4) is 0 Å². The van der Waals surface area contributed by atoms with Crippen LogP contribution in [0, 0.1) is 6.92 Å². The van der Waals surface area contributed by atoms with Crippen LogP contribution < -0.4 is 4.74 Å². The second-order valence-corrected chi connectivity index (χ2v) is 5.23. The molecular formula is C15H15BrN2O3. The molecule has 0 bridgehead atoms. The van der Waals surface area contributed by atoms with E-state index in [0.29, 0.717) is 18.9 Å². The number of ether oxygens (including phenoxy) is 1. The average molecular weight is 351 g/mol. The molecule has 0 saturated carbocycles. The monoisotopic (exact) mass is 350 g/mol. The van der Waals surface area contributed by atoms with E-state index in [4.69, 9.17) is 9.84 Å². The second kappa shape index (κ2) is 7.08.